The molecule has 0 saturated heterocycles. The quantitative estimate of drug-likeness (QED) is 0.721. The van der Waals surface area contributed by atoms with Gasteiger partial charge in [0.05, 0.1) is 7.11 Å². The zero-order chi connectivity index (χ0) is 6.69. The lowest BCUT2D eigenvalue weighted by molar-refractivity contribution is 0.250. The molecule has 0 aliphatic heterocycles. The maximum atomic E-state index is 4.67. The summed E-state index contributed by atoms with van der Waals surface area (Å²) in [6.07, 6.45) is 0. The van der Waals surface area contributed by atoms with Crippen LogP contribution in [0.15, 0.2) is 15.2 Å². The van der Waals surface area contributed by atoms with Crippen molar-refractivity contribution in [2.75, 3.05) is 12.6 Å². The topological polar surface area (TPSA) is 47.3 Å². The van der Waals surface area contributed by atoms with Crippen LogP contribution >= 0.6 is 15.9 Å². The van der Waals surface area contributed by atoms with Crippen molar-refractivity contribution in [3.8, 4) is 0 Å². The van der Waals surface area contributed by atoms with E-state index in [1.165, 1.54) is 7.11 Å². The number of halogens is 1. The number of anilines is 1. The van der Waals surface area contributed by atoms with Gasteiger partial charge < -0.3 is 4.52 Å². The SMILES string of the molecule is CONc1cc(Br)no1. The van der Waals surface area contributed by atoms with Gasteiger partial charge in [-0.2, -0.15) is 0 Å². The largest absolute Gasteiger partial charge is 0.336 e. The van der Waals surface area contributed by atoms with Gasteiger partial charge in [0, 0.05) is 6.07 Å². The molecule has 1 N–H and O–H groups in total. The first kappa shape index (κ1) is 6.57. The third kappa shape index (κ3) is 1.69. The molecule has 0 aliphatic carbocycles. The van der Waals surface area contributed by atoms with Crippen molar-refractivity contribution in [1.29, 1.82) is 0 Å². The number of aromatic nitrogens is 1. The smallest absolute Gasteiger partial charge is 0.249 e. The van der Waals surface area contributed by atoms with E-state index in [-0.39, 0.29) is 0 Å². The summed E-state index contributed by atoms with van der Waals surface area (Å²) in [6.45, 7) is 0. The van der Waals surface area contributed by atoms with E-state index in [1.807, 2.05) is 0 Å². The lowest BCUT2D eigenvalue weighted by Crippen LogP contribution is -1.92. The van der Waals surface area contributed by atoms with Crippen molar-refractivity contribution in [3.63, 3.8) is 0 Å². The van der Waals surface area contributed by atoms with E-state index in [0.29, 0.717) is 10.5 Å². The molecule has 0 amide bonds. The minimum absolute atomic E-state index is 0.476. The fourth-order valence-electron chi connectivity index (χ4n) is 0.402. The fourth-order valence-corrected chi connectivity index (χ4v) is 0.683. The Balaban J connectivity index is 2.61. The van der Waals surface area contributed by atoms with Crippen LogP contribution in [0.4, 0.5) is 5.88 Å². The summed E-state index contributed by atoms with van der Waals surface area (Å²) in [5.41, 5.74) is 2.47. The highest BCUT2D eigenvalue weighted by atomic mass is 79.9. The van der Waals surface area contributed by atoms with Crippen molar-refractivity contribution < 1.29 is 9.36 Å². The van der Waals surface area contributed by atoms with Gasteiger partial charge in [-0.1, -0.05) is 5.16 Å². The first-order chi connectivity index (χ1) is 4.33. The van der Waals surface area contributed by atoms with E-state index in [4.69, 9.17) is 0 Å². The Bertz CT molecular complexity index is 188. The van der Waals surface area contributed by atoms with Gasteiger partial charge in [-0.25, -0.2) is 5.48 Å². The molecule has 0 saturated carbocycles. The standard InChI is InChI=1S/C4H5BrN2O2/c1-8-7-4-2-3(5)6-9-4/h2,7H,1H3. The summed E-state index contributed by atoms with van der Waals surface area (Å²) < 4.78 is 5.31. The molecule has 0 fully saturated rings. The molecule has 0 aromatic carbocycles. The van der Waals surface area contributed by atoms with Gasteiger partial charge in [-0.15, -0.1) is 0 Å². The molecule has 1 aromatic heterocycles. The Hall–Kier alpha value is -0.550. The van der Waals surface area contributed by atoms with Crippen LogP contribution in [-0.2, 0) is 4.84 Å². The number of rotatable bonds is 2. The first-order valence-corrected chi connectivity index (χ1v) is 3.03. The zero-order valence-electron chi connectivity index (χ0n) is 4.72. The second kappa shape index (κ2) is 2.84. The summed E-state index contributed by atoms with van der Waals surface area (Å²) in [6, 6.07) is 1.66. The van der Waals surface area contributed by atoms with Gasteiger partial charge in [-0.05, 0) is 15.9 Å². The van der Waals surface area contributed by atoms with Crippen LogP contribution in [0.5, 0.6) is 0 Å². The van der Waals surface area contributed by atoms with Gasteiger partial charge in [0.2, 0.25) is 5.88 Å². The third-order valence-corrected chi connectivity index (χ3v) is 1.06. The van der Waals surface area contributed by atoms with Gasteiger partial charge in [0.15, 0.2) is 4.60 Å². The van der Waals surface area contributed by atoms with Crippen LogP contribution in [-0.4, -0.2) is 12.3 Å². The molecule has 0 aliphatic rings. The maximum Gasteiger partial charge on any atom is 0.249 e. The summed E-state index contributed by atoms with van der Waals surface area (Å²) in [4.78, 5) is 4.54. The Morgan fingerprint density at radius 2 is 2.67 bits per heavy atom. The Morgan fingerprint density at radius 3 is 3.11 bits per heavy atom. The van der Waals surface area contributed by atoms with E-state index >= 15 is 0 Å². The van der Waals surface area contributed by atoms with E-state index in [0.717, 1.165) is 0 Å². The van der Waals surface area contributed by atoms with Gasteiger partial charge in [0.25, 0.3) is 0 Å². The van der Waals surface area contributed by atoms with Crippen LogP contribution in [0.1, 0.15) is 0 Å². The number of hydrogen-bond donors (Lipinski definition) is 1. The molecular formula is C4H5BrN2O2. The molecule has 1 heterocycles. The minimum Gasteiger partial charge on any atom is -0.336 e. The van der Waals surface area contributed by atoms with Gasteiger partial charge in [0.1, 0.15) is 0 Å². The van der Waals surface area contributed by atoms with Crippen molar-refractivity contribution in [2.45, 2.75) is 0 Å². The van der Waals surface area contributed by atoms with Crippen molar-refractivity contribution in [1.82, 2.24) is 5.16 Å². The average molecular weight is 193 g/mol. The highest BCUT2D eigenvalue weighted by Gasteiger charge is 1.97. The average Bonchev–Trinajstić information content (AvgIpc) is 2.17. The highest BCUT2D eigenvalue weighted by molar-refractivity contribution is 9.10. The molecule has 0 atom stereocenters. The van der Waals surface area contributed by atoms with Gasteiger partial charge >= 0.3 is 0 Å². The molecule has 0 unspecified atom stereocenters. The molecule has 0 spiro atoms. The molecule has 9 heavy (non-hydrogen) atoms. The van der Waals surface area contributed by atoms with E-state index in [1.54, 1.807) is 6.07 Å². The Kier molecular flexibility index (Phi) is 2.07. The summed E-state index contributed by atoms with van der Waals surface area (Å²) in [5.74, 6) is 0.476. The lowest BCUT2D eigenvalue weighted by Gasteiger charge is -1.91. The summed E-state index contributed by atoms with van der Waals surface area (Å²) >= 11 is 3.10. The second-order valence-corrected chi connectivity index (χ2v) is 2.13. The van der Waals surface area contributed by atoms with Crippen molar-refractivity contribution >= 4 is 21.8 Å². The molecule has 50 valence electrons. The summed E-state index contributed by atoms with van der Waals surface area (Å²) in [5, 5.41) is 3.53. The Morgan fingerprint density at radius 1 is 1.89 bits per heavy atom. The van der Waals surface area contributed by atoms with Gasteiger partial charge in [-0.3, -0.25) is 4.84 Å². The van der Waals surface area contributed by atoms with Crippen LogP contribution in [0.2, 0.25) is 0 Å². The van der Waals surface area contributed by atoms with Crippen LogP contribution < -0.4 is 5.48 Å². The normalized spacial score (nSPS) is 9.56. The molecule has 0 radical (unpaired) electrons. The predicted molar refractivity (Wildman–Crippen MR) is 34.8 cm³/mol. The maximum absolute atomic E-state index is 4.67. The first-order valence-electron chi connectivity index (χ1n) is 2.24. The number of nitrogens with zero attached hydrogens (tertiary/aromatic N) is 1. The predicted octanol–water partition coefficient (Wildman–Crippen LogP) is 1.41. The number of hydrogen-bond acceptors (Lipinski definition) is 4. The number of nitrogens with one attached hydrogen (secondary N) is 1. The zero-order valence-corrected chi connectivity index (χ0v) is 6.31. The molecule has 0 bridgehead atoms. The third-order valence-electron chi connectivity index (χ3n) is 0.684. The van der Waals surface area contributed by atoms with E-state index in [9.17, 15) is 0 Å². The van der Waals surface area contributed by atoms with Crippen LogP contribution in [0, 0.1) is 0 Å². The Labute approximate surface area is 60.2 Å². The molecular weight excluding hydrogens is 188 g/mol. The molecule has 5 heteroatoms. The molecule has 1 aromatic rings. The minimum atomic E-state index is 0.476. The summed E-state index contributed by atoms with van der Waals surface area (Å²) in [7, 11) is 1.50. The van der Waals surface area contributed by atoms with E-state index in [2.05, 4.69) is 35.9 Å². The monoisotopic (exact) mass is 192 g/mol. The highest BCUT2D eigenvalue weighted by Crippen LogP contribution is 2.13. The fraction of sp³-hybridized carbons (Fsp3) is 0.250. The molecule has 1 rings (SSSR count). The lowest BCUT2D eigenvalue weighted by atomic mass is 10.7. The van der Waals surface area contributed by atoms with Crippen LogP contribution in [0.25, 0.3) is 0 Å². The van der Waals surface area contributed by atoms with Crippen molar-refractivity contribution in [2.24, 2.45) is 0 Å². The van der Waals surface area contributed by atoms with Crippen molar-refractivity contribution in [3.05, 3.63) is 10.7 Å². The van der Waals surface area contributed by atoms with E-state index < -0.39 is 0 Å². The van der Waals surface area contributed by atoms with Crippen LogP contribution in [0.3, 0.4) is 0 Å². The molecule has 4 nitrogen and oxygen atoms in total. The second-order valence-electron chi connectivity index (χ2n) is 1.32.